The van der Waals surface area contributed by atoms with Crippen LogP contribution in [0.15, 0.2) is 48.5 Å². The van der Waals surface area contributed by atoms with Crippen molar-refractivity contribution in [1.29, 1.82) is 0 Å². The molecule has 2 N–H and O–H groups in total. The number of anilines is 2. The highest BCUT2D eigenvalue weighted by atomic mass is 35.5. The molecule has 0 bridgehead atoms. The molecule has 114 valence electrons. The molecule has 0 fully saturated rings. The largest absolute Gasteiger partial charge is 0.385 e. The Kier molecular flexibility index (Phi) is 3.81. The van der Waals surface area contributed by atoms with Gasteiger partial charge in [0.2, 0.25) is 0 Å². The van der Waals surface area contributed by atoms with E-state index in [1.165, 1.54) is 0 Å². The maximum Gasteiger partial charge on any atom is 0.326 e. The summed E-state index contributed by atoms with van der Waals surface area (Å²) in [6.45, 7) is 2.23. The number of amides is 2. The second kappa shape index (κ2) is 5.63. The summed E-state index contributed by atoms with van der Waals surface area (Å²) >= 11 is 5.93. The van der Waals surface area contributed by atoms with Crippen LogP contribution in [0.1, 0.15) is 18.9 Å². The minimum Gasteiger partial charge on any atom is -0.385 e. The second-order valence-corrected chi connectivity index (χ2v) is 6.07. The predicted molar refractivity (Wildman–Crippen MR) is 88.4 cm³/mol. The van der Waals surface area contributed by atoms with E-state index in [-0.39, 0.29) is 6.03 Å². The first-order chi connectivity index (χ1) is 10.5. The molecule has 1 heterocycles. The van der Waals surface area contributed by atoms with Crippen LogP contribution in [0.25, 0.3) is 0 Å². The van der Waals surface area contributed by atoms with E-state index < -0.39 is 5.60 Å². The first-order valence-electron chi connectivity index (χ1n) is 7.13. The molecule has 1 aliphatic heterocycles. The van der Waals surface area contributed by atoms with Crippen LogP contribution >= 0.6 is 11.6 Å². The van der Waals surface area contributed by atoms with Crippen molar-refractivity contribution in [2.24, 2.45) is 0 Å². The Morgan fingerprint density at radius 2 is 2.05 bits per heavy atom. The zero-order valence-electron chi connectivity index (χ0n) is 12.2. The Hall–Kier alpha value is -2.04. The van der Waals surface area contributed by atoms with Crippen LogP contribution in [0, 0.1) is 0 Å². The third-order valence-corrected chi connectivity index (χ3v) is 4.15. The number of fused-ring (bicyclic) bond motifs is 1. The maximum absolute atomic E-state index is 12.5. The molecule has 2 aromatic carbocycles. The van der Waals surface area contributed by atoms with Crippen molar-refractivity contribution >= 4 is 29.0 Å². The lowest BCUT2D eigenvalue weighted by atomic mass is 9.87. The molecule has 2 aromatic rings. The number of urea groups is 1. The van der Waals surface area contributed by atoms with Crippen LogP contribution in [-0.2, 0) is 5.60 Å². The summed E-state index contributed by atoms with van der Waals surface area (Å²) in [5, 5.41) is 13.9. The molecule has 1 aliphatic rings. The lowest BCUT2D eigenvalue weighted by Crippen LogP contribution is -2.44. The normalized spacial score (nSPS) is 20.4. The van der Waals surface area contributed by atoms with Crippen molar-refractivity contribution in [2.45, 2.75) is 18.9 Å². The lowest BCUT2D eigenvalue weighted by molar-refractivity contribution is 0.0465. The van der Waals surface area contributed by atoms with Crippen molar-refractivity contribution in [1.82, 2.24) is 0 Å². The highest BCUT2D eigenvalue weighted by Gasteiger charge is 2.35. The van der Waals surface area contributed by atoms with Gasteiger partial charge in [-0.2, -0.15) is 0 Å². The summed E-state index contributed by atoms with van der Waals surface area (Å²) in [6, 6.07) is 14.2. The number of nitrogens with one attached hydrogen (secondary N) is 1. The highest BCUT2D eigenvalue weighted by molar-refractivity contribution is 6.30. The smallest absolute Gasteiger partial charge is 0.326 e. The molecule has 1 unspecified atom stereocenters. The van der Waals surface area contributed by atoms with Crippen LogP contribution in [-0.4, -0.2) is 17.7 Å². The number of rotatable bonds is 1. The zero-order valence-corrected chi connectivity index (χ0v) is 13.0. The standard InChI is InChI=1S/C17H17ClN2O2/c1-17(22)9-10-20(15-8-3-2-7-14(15)17)16(21)19-13-6-4-5-12(18)11-13/h2-8,11,22H,9-10H2,1H3,(H,19,21). The maximum atomic E-state index is 12.5. The van der Waals surface area contributed by atoms with Gasteiger partial charge in [0.15, 0.2) is 0 Å². The molecule has 2 amide bonds. The lowest BCUT2D eigenvalue weighted by Gasteiger charge is -2.37. The van der Waals surface area contributed by atoms with Gasteiger partial charge in [0.05, 0.1) is 11.3 Å². The quantitative estimate of drug-likeness (QED) is 0.835. The molecule has 22 heavy (non-hydrogen) atoms. The van der Waals surface area contributed by atoms with Gasteiger partial charge < -0.3 is 10.4 Å². The molecular formula is C17H17ClN2O2. The van der Waals surface area contributed by atoms with Gasteiger partial charge in [-0.25, -0.2) is 4.79 Å². The average Bonchev–Trinajstić information content (AvgIpc) is 2.47. The minimum absolute atomic E-state index is 0.231. The van der Waals surface area contributed by atoms with E-state index >= 15 is 0 Å². The van der Waals surface area contributed by atoms with E-state index in [2.05, 4.69) is 5.32 Å². The minimum atomic E-state index is -0.913. The Morgan fingerprint density at radius 3 is 2.82 bits per heavy atom. The van der Waals surface area contributed by atoms with Crippen LogP contribution in [0.4, 0.5) is 16.2 Å². The zero-order chi connectivity index (χ0) is 15.7. The fourth-order valence-electron chi connectivity index (χ4n) is 2.72. The van der Waals surface area contributed by atoms with Crippen LogP contribution < -0.4 is 10.2 Å². The Morgan fingerprint density at radius 1 is 1.27 bits per heavy atom. The summed E-state index contributed by atoms with van der Waals surface area (Å²) in [6.07, 6.45) is 0.493. The summed E-state index contributed by atoms with van der Waals surface area (Å²) in [5.74, 6) is 0. The van der Waals surface area contributed by atoms with E-state index in [9.17, 15) is 9.90 Å². The van der Waals surface area contributed by atoms with Crippen molar-refractivity contribution < 1.29 is 9.90 Å². The fourth-order valence-corrected chi connectivity index (χ4v) is 2.91. The van der Waals surface area contributed by atoms with E-state index in [0.717, 1.165) is 11.3 Å². The number of carbonyl (C=O) groups excluding carboxylic acids is 1. The molecule has 0 radical (unpaired) electrons. The van der Waals surface area contributed by atoms with Crippen LogP contribution in [0.2, 0.25) is 5.02 Å². The molecular weight excluding hydrogens is 300 g/mol. The Bertz CT molecular complexity index is 715. The van der Waals surface area contributed by atoms with Crippen molar-refractivity contribution in [2.75, 3.05) is 16.8 Å². The number of hydrogen-bond acceptors (Lipinski definition) is 2. The summed E-state index contributed by atoms with van der Waals surface area (Å²) < 4.78 is 0. The number of nitrogens with zero attached hydrogens (tertiary/aromatic N) is 1. The molecule has 0 saturated carbocycles. The van der Waals surface area contributed by atoms with Gasteiger partial charge in [-0.1, -0.05) is 35.9 Å². The van der Waals surface area contributed by atoms with Gasteiger partial charge in [-0.15, -0.1) is 0 Å². The molecule has 3 rings (SSSR count). The number of carbonyl (C=O) groups is 1. The Labute approximate surface area is 134 Å². The first kappa shape index (κ1) is 14.9. The van der Waals surface area contributed by atoms with Gasteiger partial charge in [0, 0.05) is 22.8 Å². The molecule has 0 aliphatic carbocycles. The average molecular weight is 317 g/mol. The van der Waals surface area contributed by atoms with Gasteiger partial charge in [-0.3, -0.25) is 4.90 Å². The highest BCUT2D eigenvalue weighted by Crippen LogP contribution is 2.38. The third kappa shape index (κ3) is 2.80. The van der Waals surface area contributed by atoms with E-state index in [4.69, 9.17) is 11.6 Å². The molecule has 0 spiro atoms. The predicted octanol–water partition coefficient (Wildman–Crippen LogP) is 3.99. The Balaban J connectivity index is 1.88. The van der Waals surface area contributed by atoms with Gasteiger partial charge in [0.1, 0.15) is 0 Å². The van der Waals surface area contributed by atoms with Gasteiger partial charge >= 0.3 is 6.03 Å². The SMILES string of the molecule is CC1(O)CCN(C(=O)Nc2cccc(Cl)c2)c2ccccc21. The second-order valence-electron chi connectivity index (χ2n) is 5.63. The van der Waals surface area contributed by atoms with E-state index in [1.807, 2.05) is 24.3 Å². The van der Waals surface area contributed by atoms with Gasteiger partial charge in [0.25, 0.3) is 0 Å². The monoisotopic (exact) mass is 316 g/mol. The number of halogens is 1. The number of aliphatic hydroxyl groups is 1. The van der Waals surface area contributed by atoms with E-state index in [1.54, 1.807) is 36.1 Å². The van der Waals surface area contributed by atoms with Crippen molar-refractivity contribution in [3.8, 4) is 0 Å². The number of para-hydroxylation sites is 1. The number of hydrogen-bond donors (Lipinski definition) is 2. The summed E-state index contributed by atoms with van der Waals surface area (Å²) in [5.41, 5.74) is 1.23. The van der Waals surface area contributed by atoms with Crippen molar-refractivity contribution in [3.63, 3.8) is 0 Å². The molecule has 5 heteroatoms. The first-order valence-corrected chi connectivity index (χ1v) is 7.51. The topological polar surface area (TPSA) is 52.6 Å². The third-order valence-electron chi connectivity index (χ3n) is 3.92. The molecule has 1 atom stereocenters. The summed E-state index contributed by atoms with van der Waals surface area (Å²) in [7, 11) is 0. The summed E-state index contributed by atoms with van der Waals surface area (Å²) in [4.78, 5) is 14.2. The molecule has 0 aromatic heterocycles. The van der Waals surface area contributed by atoms with Gasteiger partial charge in [-0.05, 0) is 37.6 Å². The number of benzene rings is 2. The fraction of sp³-hybridized carbons (Fsp3) is 0.235. The van der Waals surface area contributed by atoms with E-state index in [0.29, 0.717) is 23.7 Å². The molecule has 4 nitrogen and oxygen atoms in total. The molecule has 0 saturated heterocycles. The van der Waals surface area contributed by atoms with Crippen molar-refractivity contribution in [3.05, 3.63) is 59.1 Å². The van der Waals surface area contributed by atoms with Crippen LogP contribution in [0.5, 0.6) is 0 Å². The van der Waals surface area contributed by atoms with Crippen LogP contribution in [0.3, 0.4) is 0 Å².